The smallest absolute Gasteiger partial charge is 0.119 e. The molecule has 6 heteroatoms. The van der Waals surface area contributed by atoms with Gasteiger partial charge in [-0.25, -0.2) is 0 Å². The topological polar surface area (TPSA) is 94.2 Å². The Bertz CT molecular complexity index is 547. The number of hydrogen-bond donors (Lipinski definition) is 3. The molecule has 0 aliphatic heterocycles. The van der Waals surface area contributed by atoms with Gasteiger partial charge in [0.1, 0.15) is 5.72 Å². The van der Waals surface area contributed by atoms with Gasteiger partial charge in [-0.2, -0.15) is 0 Å². The predicted molar refractivity (Wildman–Crippen MR) is 133 cm³/mol. The zero-order chi connectivity index (χ0) is 25.6. The van der Waals surface area contributed by atoms with Crippen molar-refractivity contribution in [1.82, 2.24) is 0 Å². The number of nitrogens with two attached hydrogens (primary N) is 1. The van der Waals surface area contributed by atoms with Gasteiger partial charge in [0.2, 0.25) is 0 Å². The second-order valence-electron chi connectivity index (χ2n) is 12.8. The summed E-state index contributed by atoms with van der Waals surface area (Å²) in [5, 5.41) is 19.1. The first-order valence-corrected chi connectivity index (χ1v) is 12.2. The monoisotopic (exact) mass is 461 g/mol. The van der Waals surface area contributed by atoms with Gasteiger partial charge in [-0.3, -0.25) is 0 Å². The Morgan fingerprint density at radius 1 is 0.750 bits per heavy atom. The molecule has 0 aliphatic rings. The predicted octanol–water partition coefficient (Wildman–Crippen LogP) is 5.03. The first kappa shape index (κ1) is 31.8. The van der Waals surface area contributed by atoms with Crippen LogP contribution in [0.1, 0.15) is 109 Å². The van der Waals surface area contributed by atoms with Crippen molar-refractivity contribution in [3.63, 3.8) is 0 Å². The van der Waals surface area contributed by atoms with E-state index in [0.717, 1.165) is 12.8 Å². The molecule has 0 heterocycles. The fourth-order valence-corrected chi connectivity index (χ4v) is 3.51. The minimum atomic E-state index is -0.834. The van der Waals surface area contributed by atoms with Crippen LogP contribution in [-0.2, 0) is 14.2 Å². The first-order chi connectivity index (χ1) is 14.1. The lowest BCUT2D eigenvalue weighted by Gasteiger charge is -2.47. The van der Waals surface area contributed by atoms with Crippen LogP contribution < -0.4 is 5.73 Å². The molecule has 0 aromatic rings. The van der Waals surface area contributed by atoms with Gasteiger partial charge in [-0.15, -0.1) is 0 Å². The van der Waals surface area contributed by atoms with E-state index in [1.807, 2.05) is 20.8 Å². The van der Waals surface area contributed by atoms with Gasteiger partial charge in [0, 0.05) is 18.6 Å². The Labute approximate surface area is 198 Å². The molecule has 32 heavy (non-hydrogen) atoms. The molecule has 0 fully saturated rings. The normalized spacial score (nSPS) is 17.3. The maximum atomic E-state index is 9.97. The minimum absolute atomic E-state index is 0.0665. The quantitative estimate of drug-likeness (QED) is 0.279. The van der Waals surface area contributed by atoms with E-state index in [9.17, 15) is 10.2 Å². The highest BCUT2D eigenvalue weighted by atomic mass is 16.5. The molecule has 0 bridgehead atoms. The molecule has 0 radical (unpaired) electrons. The molecule has 2 atom stereocenters. The van der Waals surface area contributed by atoms with E-state index in [1.54, 1.807) is 13.8 Å². The van der Waals surface area contributed by atoms with Gasteiger partial charge < -0.3 is 30.2 Å². The summed E-state index contributed by atoms with van der Waals surface area (Å²) in [7, 11) is 0. The summed E-state index contributed by atoms with van der Waals surface area (Å²) < 4.78 is 18.6. The molecule has 4 N–H and O–H groups in total. The molecule has 0 saturated heterocycles. The standard InChI is InChI=1S/C26H55NO5/c1-20(19-22(4,5)25(10,11)31-18-15-23(6,7)29)32-26(12,27)21(2,3)14-17-30-24(8,9)13-16-28/h20,28-29H,13-19,27H2,1-12H3. The van der Waals surface area contributed by atoms with E-state index in [-0.39, 0.29) is 34.7 Å². The Morgan fingerprint density at radius 2 is 1.25 bits per heavy atom. The van der Waals surface area contributed by atoms with Gasteiger partial charge in [-0.05, 0) is 86.5 Å². The summed E-state index contributed by atoms with van der Waals surface area (Å²) in [4.78, 5) is 0. The van der Waals surface area contributed by atoms with Crippen LogP contribution in [0.2, 0.25) is 0 Å². The van der Waals surface area contributed by atoms with Crippen LogP contribution in [-0.4, -0.2) is 58.7 Å². The third-order valence-electron chi connectivity index (χ3n) is 7.33. The van der Waals surface area contributed by atoms with Crippen LogP contribution in [0, 0.1) is 10.8 Å². The molecular formula is C26H55NO5. The maximum Gasteiger partial charge on any atom is 0.119 e. The van der Waals surface area contributed by atoms with Crippen molar-refractivity contribution in [2.24, 2.45) is 16.6 Å². The fraction of sp³-hybridized carbons (Fsp3) is 1.00. The van der Waals surface area contributed by atoms with E-state index in [2.05, 4.69) is 48.5 Å². The molecule has 0 aromatic heterocycles. The SMILES string of the molecule is CC(CC(C)(C)C(C)(C)OCCC(C)(C)O)OC(C)(N)C(C)(C)CCOC(C)(C)CCO. The maximum absolute atomic E-state index is 9.97. The highest BCUT2D eigenvalue weighted by molar-refractivity contribution is 4.92. The Balaban J connectivity index is 4.95. The van der Waals surface area contributed by atoms with E-state index in [4.69, 9.17) is 19.9 Å². The van der Waals surface area contributed by atoms with Crippen molar-refractivity contribution >= 4 is 0 Å². The number of rotatable bonds is 16. The van der Waals surface area contributed by atoms with Crippen LogP contribution in [0.25, 0.3) is 0 Å². The minimum Gasteiger partial charge on any atom is -0.396 e. The molecule has 0 amide bonds. The fourth-order valence-electron chi connectivity index (χ4n) is 3.51. The number of aliphatic hydroxyl groups is 2. The number of hydrogen-bond acceptors (Lipinski definition) is 6. The third kappa shape index (κ3) is 10.8. The highest BCUT2D eigenvalue weighted by Gasteiger charge is 2.43. The van der Waals surface area contributed by atoms with E-state index < -0.39 is 11.3 Å². The first-order valence-electron chi connectivity index (χ1n) is 12.2. The van der Waals surface area contributed by atoms with Crippen LogP contribution in [0.15, 0.2) is 0 Å². The highest BCUT2D eigenvalue weighted by Crippen LogP contribution is 2.41. The summed E-state index contributed by atoms with van der Waals surface area (Å²) in [6.45, 7) is 25.5. The third-order valence-corrected chi connectivity index (χ3v) is 7.33. The van der Waals surface area contributed by atoms with Crippen molar-refractivity contribution in [2.75, 3.05) is 19.8 Å². The lowest BCUT2D eigenvalue weighted by Crippen LogP contribution is -2.55. The Morgan fingerprint density at radius 3 is 1.72 bits per heavy atom. The van der Waals surface area contributed by atoms with E-state index in [1.165, 1.54) is 0 Å². The second kappa shape index (κ2) is 11.5. The summed E-state index contributed by atoms with van der Waals surface area (Å²) in [6, 6.07) is 0. The average molecular weight is 462 g/mol. The van der Waals surface area contributed by atoms with Gasteiger partial charge in [0.05, 0.1) is 29.5 Å². The van der Waals surface area contributed by atoms with Crippen LogP contribution >= 0.6 is 0 Å². The summed E-state index contributed by atoms with van der Waals surface area (Å²) in [5.74, 6) is 0. The number of ether oxygens (including phenoxy) is 3. The molecule has 2 unspecified atom stereocenters. The molecule has 6 nitrogen and oxygen atoms in total. The largest absolute Gasteiger partial charge is 0.396 e. The molecular weight excluding hydrogens is 406 g/mol. The van der Waals surface area contributed by atoms with E-state index in [0.29, 0.717) is 26.1 Å². The molecule has 0 rings (SSSR count). The van der Waals surface area contributed by atoms with Gasteiger partial charge in [0.25, 0.3) is 0 Å². The van der Waals surface area contributed by atoms with Crippen molar-refractivity contribution in [2.45, 2.75) is 137 Å². The molecule has 194 valence electrons. The van der Waals surface area contributed by atoms with Crippen molar-refractivity contribution < 1.29 is 24.4 Å². The molecule has 0 aliphatic carbocycles. The summed E-state index contributed by atoms with van der Waals surface area (Å²) >= 11 is 0. The summed E-state index contributed by atoms with van der Waals surface area (Å²) in [5.41, 5.74) is 3.90. The van der Waals surface area contributed by atoms with Gasteiger partial charge in [-0.1, -0.05) is 27.7 Å². The van der Waals surface area contributed by atoms with Gasteiger partial charge in [0.15, 0.2) is 0 Å². The van der Waals surface area contributed by atoms with Gasteiger partial charge >= 0.3 is 0 Å². The zero-order valence-corrected chi connectivity index (χ0v) is 23.2. The second-order valence-corrected chi connectivity index (χ2v) is 12.8. The Hall–Kier alpha value is -0.240. The summed E-state index contributed by atoms with van der Waals surface area (Å²) in [6.07, 6.45) is 2.65. The van der Waals surface area contributed by atoms with Crippen LogP contribution in [0.3, 0.4) is 0 Å². The lowest BCUT2D eigenvalue weighted by molar-refractivity contribution is -0.174. The zero-order valence-electron chi connectivity index (χ0n) is 23.2. The molecule has 0 spiro atoms. The van der Waals surface area contributed by atoms with E-state index >= 15 is 0 Å². The molecule has 0 aromatic carbocycles. The van der Waals surface area contributed by atoms with Crippen molar-refractivity contribution in [1.29, 1.82) is 0 Å². The van der Waals surface area contributed by atoms with Crippen LogP contribution in [0.4, 0.5) is 0 Å². The van der Waals surface area contributed by atoms with Crippen molar-refractivity contribution in [3.05, 3.63) is 0 Å². The lowest BCUT2D eigenvalue weighted by atomic mass is 9.73. The van der Waals surface area contributed by atoms with Crippen molar-refractivity contribution in [3.8, 4) is 0 Å². The number of aliphatic hydroxyl groups excluding tert-OH is 1. The molecule has 0 saturated carbocycles. The Kier molecular flexibility index (Phi) is 11.4. The van der Waals surface area contributed by atoms with Crippen LogP contribution in [0.5, 0.6) is 0 Å². The average Bonchev–Trinajstić information content (AvgIpc) is 2.51.